The molecule has 2 saturated heterocycles. The molecular formula is C12H23N3O3. The van der Waals surface area contributed by atoms with Crippen LogP contribution >= 0.6 is 0 Å². The molecule has 0 saturated carbocycles. The van der Waals surface area contributed by atoms with E-state index in [0.29, 0.717) is 13.2 Å². The lowest BCUT2D eigenvalue weighted by Crippen LogP contribution is -2.54. The van der Waals surface area contributed by atoms with Crippen LogP contribution in [0.15, 0.2) is 0 Å². The molecular weight excluding hydrogens is 234 g/mol. The van der Waals surface area contributed by atoms with Gasteiger partial charge in [-0.2, -0.15) is 0 Å². The van der Waals surface area contributed by atoms with Gasteiger partial charge in [0.2, 0.25) is 5.91 Å². The maximum Gasteiger partial charge on any atom is 0.239 e. The van der Waals surface area contributed by atoms with Crippen molar-refractivity contribution in [3.63, 3.8) is 0 Å². The Morgan fingerprint density at radius 3 is 2.83 bits per heavy atom. The van der Waals surface area contributed by atoms with Gasteiger partial charge in [0.1, 0.15) is 6.04 Å². The van der Waals surface area contributed by atoms with Crippen molar-refractivity contribution in [1.29, 1.82) is 0 Å². The van der Waals surface area contributed by atoms with Crippen LogP contribution in [0, 0.1) is 0 Å². The average Bonchev–Trinajstić information content (AvgIpc) is 2.40. The Morgan fingerprint density at radius 1 is 1.39 bits per heavy atom. The molecule has 0 bridgehead atoms. The lowest BCUT2D eigenvalue weighted by molar-refractivity contribution is -0.126. The first-order chi connectivity index (χ1) is 8.75. The van der Waals surface area contributed by atoms with Crippen LogP contribution in [0.4, 0.5) is 0 Å². The topological polar surface area (TPSA) is 62.8 Å². The van der Waals surface area contributed by atoms with Gasteiger partial charge < -0.3 is 20.1 Å². The molecule has 6 heteroatoms. The Labute approximate surface area is 108 Å². The number of carbonyl (C=O) groups excluding carboxylic acids is 1. The van der Waals surface area contributed by atoms with Crippen molar-refractivity contribution in [1.82, 2.24) is 15.5 Å². The third kappa shape index (κ3) is 4.20. The Balaban J connectivity index is 1.68. The highest BCUT2D eigenvalue weighted by atomic mass is 16.5. The summed E-state index contributed by atoms with van der Waals surface area (Å²) in [6.45, 7) is 8.30. The predicted octanol–water partition coefficient (Wildman–Crippen LogP) is -1.19. The van der Waals surface area contributed by atoms with Gasteiger partial charge in [-0.15, -0.1) is 0 Å². The molecule has 2 N–H and O–H groups in total. The summed E-state index contributed by atoms with van der Waals surface area (Å²) in [6, 6.07) is -0.0507. The average molecular weight is 257 g/mol. The van der Waals surface area contributed by atoms with E-state index in [1.54, 1.807) is 0 Å². The zero-order valence-corrected chi connectivity index (χ0v) is 11.0. The number of hydrogen-bond donors (Lipinski definition) is 2. The van der Waals surface area contributed by atoms with E-state index in [2.05, 4.69) is 15.5 Å². The maximum absolute atomic E-state index is 12.0. The second-order valence-electron chi connectivity index (χ2n) is 4.90. The number of nitrogens with one attached hydrogen (secondary N) is 2. The molecule has 2 aliphatic heterocycles. The summed E-state index contributed by atoms with van der Waals surface area (Å²) in [5.41, 5.74) is 0. The SMILES string of the molecule is CC(CN1CCOCC1)NC(=O)C1COCCN1. The van der Waals surface area contributed by atoms with E-state index in [1.165, 1.54) is 0 Å². The number of rotatable bonds is 4. The summed E-state index contributed by atoms with van der Waals surface area (Å²) in [4.78, 5) is 14.3. The van der Waals surface area contributed by atoms with E-state index in [4.69, 9.17) is 9.47 Å². The summed E-state index contributed by atoms with van der Waals surface area (Å²) in [5.74, 6) is 0.0375. The minimum atomic E-state index is -0.203. The molecule has 2 aliphatic rings. The molecule has 2 unspecified atom stereocenters. The van der Waals surface area contributed by atoms with Gasteiger partial charge in [-0.05, 0) is 6.92 Å². The minimum absolute atomic E-state index is 0.0375. The minimum Gasteiger partial charge on any atom is -0.379 e. The fourth-order valence-corrected chi connectivity index (χ4v) is 2.29. The van der Waals surface area contributed by atoms with Crippen molar-refractivity contribution >= 4 is 5.91 Å². The first kappa shape index (κ1) is 13.7. The van der Waals surface area contributed by atoms with Crippen molar-refractivity contribution in [3.05, 3.63) is 0 Å². The third-order valence-electron chi connectivity index (χ3n) is 3.26. The zero-order chi connectivity index (χ0) is 12.8. The number of nitrogens with zero attached hydrogens (tertiary/aromatic N) is 1. The van der Waals surface area contributed by atoms with Crippen molar-refractivity contribution in [3.8, 4) is 0 Å². The number of carbonyl (C=O) groups is 1. The van der Waals surface area contributed by atoms with Gasteiger partial charge in [0.05, 0.1) is 26.4 Å². The Kier molecular flexibility index (Phi) is 5.37. The molecule has 0 aliphatic carbocycles. The summed E-state index contributed by atoms with van der Waals surface area (Å²) in [7, 11) is 0. The largest absolute Gasteiger partial charge is 0.379 e. The van der Waals surface area contributed by atoms with Crippen LogP contribution in [0.25, 0.3) is 0 Å². The van der Waals surface area contributed by atoms with E-state index in [0.717, 1.165) is 39.4 Å². The van der Waals surface area contributed by atoms with E-state index >= 15 is 0 Å². The van der Waals surface area contributed by atoms with Gasteiger partial charge in [0.15, 0.2) is 0 Å². The number of hydrogen-bond acceptors (Lipinski definition) is 5. The van der Waals surface area contributed by atoms with Crippen LogP contribution in [0.2, 0.25) is 0 Å². The van der Waals surface area contributed by atoms with Gasteiger partial charge >= 0.3 is 0 Å². The fraction of sp³-hybridized carbons (Fsp3) is 0.917. The molecule has 0 spiro atoms. The van der Waals surface area contributed by atoms with Gasteiger partial charge in [-0.3, -0.25) is 9.69 Å². The molecule has 0 aromatic rings. The van der Waals surface area contributed by atoms with E-state index < -0.39 is 0 Å². The maximum atomic E-state index is 12.0. The predicted molar refractivity (Wildman–Crippen MR) is 67.5 cm³/mol. The molecule has 104 valence electrons. The van der Waals surface area contributed by atoms with Crippen molar-refractivity contribution in [2.24, 2.45) is 0 Å². The van der Waals surface area contributed by atoms with Crippen LogP contribution in [0.3, 0.4) is 0 Å². The van der Waals surface area contributed by atoms with Crippen LogP contribution < -0.4 is 10.6 Å². The van der Waals surface area contributed by atoms with Crippen LogP contribution in [0.1, 0.15) is 6.92 Å². The molecule has 6 nitrogen and oxygen atoms in total. The molecule has 0 aromatic carbocycles. The van der Waals surface area contributed by atoms with Crippen molar-refractivity contribution in [2.45, 2.75) is 19.0 Å². The molecule has 1 amide bonds. The van der Waals surface area contributed by atoms with Gasteiger partial charge in [-0.1, -0.05) is 0 Å². The van der Waals surface area contributed by atoms with Crippen LogP contribution in [-0.4, -0.2) is 75.5 Å². The quantitative estimate of drug-likeness (QED) is 0.663. The summed E-state index contributed by atoms with van der Waals surface area (Å²) in [5, 5.41) is 6.19. The lowest BCUT2D eigenvalue weighted by atomic mass is 10.2. The van der Waals surface area contributed by atoms with Gasteiger partial charge in [0.25, 0.3) is 0 Å². The van der Waals surface area contributed by atoms with E-state index in [-0.39, 0.29) is 18.0 Å². The van der Waals surface area contributed by atoms with E-state index in [1.807, 2.05) is 6.92 Å². The molecule has 2 rings (SSSR count). The Hall–Kier alpha value is -0.690. The number of amides is 1. The van der Waals surface area contributed by atoms with Crippen LogP contribution in [0.5, 0.6) is 0 Å². The first-order valence-electron chi connectivity index (χ1n) is 6.67. The molecule has 2 heterocycles. The Bertz CT molecular complexity index is 263. The smallest absolute Gasteiger partial charge is 0.239 e. The number of ether oxygens (including phenoxy) is 2. The molecule has 18 heavy (non-hydrogen) atoms. The second-order valence-corrected chi connectivity index (χ2v) is 4.90. The van der Waals surface area contributed by atoms with Gasteiger partial charge in [0, 0.05) is 32.2 Å². The monoisotopic (exact) mass is 257 g/mol. The van der Waals surface area contributed by atoms with Crippen molar-refractivity contribution < 1.29 is 14.3 Å². The van der Waals surface area contributed by atoms with Crippen LogP contribution in [-0.2, 0) is 14.3 Å². The summed E-state index contributed by atoms with van der Waals surface area (Å²) >= 11 is 0. The molecule has 0 radical (unpaired) electrons. The Morgan fingerprint density at radius 2 is 2.17 bits per heavy atom. The fourth-order valence-electron chi connectivity index (χ4n) is 2.29. The highest BCUT2D eigenvalue weighted by molar-refractivity contribution is 5.82. The second kappa shape index (κ2) is 7.04. The summed E-state index contributed by atoms with van der Waals surface area (Å²) < 4.78 is 10.6. The lowest BCUT2D eigenvalue weighted by Gasteiger charge is -2.30. The standard InChI is InChI=1S/C12H23N3O3/c1-10(8-15-3-6-17-7-4-15)14-12(16)11-9-18-5-2-13-11/h10-11,13H,2-9H2,1H3,(H,14,16). The van der Waals surface area contributed by atoms with Crippen molar-refractivity contribution in [2.75, 3.05) is 52.6 Å². The highest BCUT2D eigenvalue weighted by Gasteiger charge is 2.23. The molecule has 2 fully saturated rings. The normalized spacial score (nSPS) is 27.7. The molecule has 2 atom stereocenters. The first-order valence-corrected chi connectivity index (χ1v) is 6.67. The third-order valence-corrected chi connectivity index (χ3v) is 3.26. The number of morpholine rings is 2. The zero-order valence-electron chi connectivity index (χ0n) is 11.0. The molecule has 0 aromatic heterocycles. The summed E-state index contributed by atoms with van der Waals surface area (Å²) in [6.07, 6.45) is 0. The van der Waals surface area contributed by atoms with E-state index in [9.17, 15) is 4.79 Å². The highest BCUT2D eigenvalue weighted by Crippen LogP contribution is 1.99. The van der Waals surface area contributed by atoms with Gasteiger partial charge in [-0.25, -0.2) is 0 Å².